The lowest BCUT2D eigenvalue weighted by Gasteiger charge is -2.51. The smallest absolute Gasteiger partial charge is 0.226 e. The molecular formula is C20H25FN2O2. The number of benzene rings is 1. The van der Waals surface area contributed by atoms with Gasteiger partial charge < -0.3 is 9.80 Å². The average Bonchev–Trinajstić information content (AvgIpc) is 2.59. The summed E-state index contributed by atoms with van der Waals surface area (Å²) in [5.41, 5.74) is 0.575. The normalized spacial score (nSPS) is 20.0. The average molecular weight is 344 g/mol. The van der Waals surface area contributed by atoms with Gasteiger partial charge in [0.15, 0.2) is 0 Å². The lowest BCUT2D eigenvalue weighted by atomic mass is 9.78. The molecule has 25 heavy (non-hydrogen) atoms. The van der Waals surface area contributed by atoms with E-state index in [1.54, 1.807) is 18.2 Å². The Bertz CT molecular complexity index is 665. The number of hydrogen-bond donors (Lipinski definition) is 0. The van der Waals surface area contributed by atoms with Gasteiger partial charge in [-0.2, -0.15) is 0 Å². The number of amides is 2. The first-order valence-corrected chi connectivity index (χ1v) is 8.98. The highest BCUT2D eigenvalue weighted by Crippen LogP contribution is 2.37. The van der Waals surface area contributed by atoms with Crippen molar-refractivity contribution in [2.24, 2.45) is 0 Å². The molecule has 5 heteroatoms. The molecule has 0 N–H and O–H groups in total. The van der Waals surface area contributed by atoms with E-state index in [0.717, 1.165) is 25.7 Å². The van der Waals surface area contributed by atoms with E-state index in [1.807, 2.05) is 9.80 Å². The van der Waals surface area contributed by atoms with Crippen molar-refractivity contribution in [3.05, 3.63) is 48.3 Å². The van der Waals surface area contributed by atoms with E-state index in [2.05, 4.69) is 6.58 Å². The van der Waals surface area contributed by atoms with Crippen molar-refractivity contribution < 1.29 is 14.0 Å². The van der Waals surface area contributed by atoms with E-state index < -0.39 is 0 Å². The van der Waals surface area contributed by atoms with E-state index in [-0.39, 0.29) is 29.6 Å². The monoisotopic (exact) mass is 344 g/mol. The van der Waals surface area contributed by atoms with Crippen molar-refractivity contribution in [3.63, 3.8) is 0 Å². The Hall–Kier alpha value is -2.17. The minimum Gasteiger partial charge on any atom is -0.342 e. The molecule has 0 atom stereocenters. The van der Waals surface area contributed by atoms with Crippen LogP contribution in [0.25, 0.3) is 0 Å². The summed E-state index contributed by atoms with van der Waals surface area (Å²) in [6, 6.07) is 6.20. The van der Waals surface area contributed by atoms with Gasteiger partial charge in [-0.05, 0) is 43.4 Å². The summed E-state index contributed by atoms with van der Waals surface area (Å²) in [4.78, 5) is 28.7. The van der Waals surface area contributed by atoms with E-state index in [0.29, 0.717) is 31.6 Å². The van der Waals surface area contributed by atoms with E-state index in [1.165, 1.54) is 12.1 Å². The molecule has 0 bridgehead atoms. The molecule has 1 spiro atoms. The highest BCUT2D eigenvalue weighted by atomic mass is 19.1. The van der Waals surface area contributed by atoms with Gasteiger partial charge in [0.25, 0.3) is 0 Å². The second-order valence-electron chi connectivity index (χ2n) is 7.06. The van der Waals surface area contributed by atoms with Crippen LogP contribution in [0.4, 0.5) is 4.39 Å². The molecule has 134 valence electrons. The van der Waals surface area contributed by atoms with Crippen LogP contribution in [0.5, 0.6) is 0 Å². The Kier molecular flexibility index (Phi) is 5.21. The highest BCUT2D eigenvalue weighted by Gasteiger charge is 2.44. The number of piperidine rings is 2. The molecule has 2 heterocycles. The Morgan fingerprint density at radius 3 is 2.72 bits per heavy atom. The summed E-state index contributed by atoms with van der Waals surface area (Å²) in [5, 5.41) is 0. The molecule has 1 aromatic carbocycles. The highest BCUT2D eigenvalue weighted by molar-refractivity contribution is 5.80. The predicted molar refractivity (Wildman–Crippen MR) is 94.4 cm³/mol. The molecule has 0 radical (unpaired) electrons. The standard InChI is InChI=1S/C20H25FN2O2/c1-2-11-23-18(24)7-4-8-20(23)9-12-22(13-10-20)19(25)15-16-5-3-6-17(21)14-16/h2-3,5-6,14H,1,4,7-13,15H2. The zero-order chi connectivity index (χ0) is 17.9. The molecule has 4 nitrogen and oxygen atoms in total. The second-order valence-corrected chi connectivity index (χ2v) is 7.06. The van der Waals surface area contributed by atoms with Gasteiger partial charge in [-0.1, -0.05) is 18.2 Å². The van der Waals surface area contributed by atoms with Gasteiger partial charge in [-0.25, -0.2) is 4.39 Å². The van der Waals surface area contributed by atoms with Gasteiger partial charge in [0.1, 0.15) is 5.82 Å². The third-order valence-corrected chi connectivity index (χ3v) is 5.51. The zero-order valence-electron chi connectivity index (χ0n) is 14.5. The molecule has 2 aliphatic heterocycles. The number of nitrogens with zero attached hydrogens (tertiary/aromatic N) is 2. The molecular weight excluding hydrogens is 319 g/mol. The minimum atomic E-state index is -0.316. The third-order valence-electron chi connectivity index (χ3n) is 5.51. The van der Waals surface area contributed by atoms with Crippen molar-refractivity contribution >= 4 is 11.8 Å². The molecule has 2 saturated heterocycles. The molecule has 2 fully saturated rings. The summed E-state index contributed by atoms with van der Waals surface area (Å²) in [6.07, 6.45) is 6.15. The molecule has 1 aromatic rings. The van der Waals surface area contributed by atoms with Crippen LogP contribution in [0.15, 0.2) is 36.9 Å². The topological polar surface area (TPSA) is 40.6 Å². The lowest BCUT2D eigenvalue weighted by Crippen LogP contribution is -2.60. The van der Waals surface area contributed by atoms with Crippen molar-refractivity contribution in [1.82, 2.24) is 9.80 Å². The maximum absolute atomic E-state index is 13.3. The number of carbonyl (C=O) groups is 2. The van der Waals surface area contributed by atoms with Crippen LogP contribution >= 0.6 is 0 Å². The minimum absolute atomic E-state index is 0.0258. The van der Waals surface area contributed by atoms with Crippen molar-refractivity contribution in [2.75, 3.05) is 19.6 Å². The van der Waals surface area contributed by atoms with Crippen molar-refractivity contribution in [1.29, 1.82) is 0 Å². The summed E-state index contributed by atoms with van der Waals surface area (Å²) in [6.45, 7) is 5.65. The van der Waals surface area contributed by atoms with Gasteiger partial charge in [-0.15, -0.1) is 6.58 Å². The van der Waals surface area contributed by atoms with Crippen LogP contribution in [0.1, 0.15) is 37.7 Å². The molecule has 0 saturated carbocycles. The molecule has 0 unspecified atom stereocenters. The van der Waals surface area contributed by atoms with Gasteiger partial charge in [0, 0.05) is 31.6 Å². The molecule has 3 rings (SSSR count). The van der Waals surface area contributed by atoms with Crippen LogP contribution in [0, 0.1) is 5.82 Å². The first-order chi connectivity index (χ1) is 12.0. The third kappa shape index (κ3) is 3.75. The first kappa shape index (κ1) is 17.6. The van der Waals surface area contributed by atoms with Gasteiger partial charge >= 0.3 is 0 Å². The summed E-state index contributed by atoms with van der Waals surface area (Å²) in [7, 11) is 0. The SMILES string of the molecule is C=CCN1C(=O)CCCC12CCN(C(=O)Cc1cccc(F)c1)CC2. The van der Waals surface area contributed by atoms with Crippen molar-refractivity contribution in [3.8, 4) is 0 Å². The van der Waals surface area contributed by atoms with Gasteiger partial charge in [0.2, 0.25) is 11.8 Å². The van der Waals surface area contributed by atoms with E-state index in [4.69, 9.17) is 0 Å². The Morgan fingerprint density at radius 2 is 2.04 bits per heavy atom. The Balaban J connectivity index is 1.63. The fourth-order valence-electron chi connectivity index (χ4n) is 4.15. The maximum Gasteiger partial charge on any atom is 0.226 e. The molecule has 0 aromatic heterocycles. The number of rotatable bonds is 4. The largest absolute Gasteiger partial charge is 0.342 e. The van der Waals surface area contributed by atoms with Gasteiger partial charge in [0.05, 0.1) is 6.42 Å². The Morgan fingerprint density at radius 1 is 1.28 bits per heavy atom. The van der Waals surface area contributed by atoms with Crippen LogP contribution in [0.3, 0.4) is 0 Å². The number of hydrogen-bond acceptors (Lipinski definition) is 2. The summed E-state index contributed by atoms with van der Waals surface area (Å²) in [5.74, 6) is -0.0905. The quantitative estimate of drug-likeness (QED) is 0.788. The van der Waals surface area contributed by atoms with Crippen LogP contribution in [-0.4, -0.2) is 46.8 Å². The molecule has 2 aliphatic rings. The van der Waals surface area contributed by atoms with Crippen molar-refractivity contribution in [2.45, 2.75) is 44.1 Å². The zero-order valence-corrected chi connectivity index (χ0v) is 14.5. The first-order valence-electron chi connectivity index (χ1n) is 8.98. The lowest BCUT2D eigenvalue weighted by molar-refractivity contribution is -0.146. The molecule has 2 amide bonds. The summed E-state index contributed by atoms with van der Waals surface area (Å²) >= 11 is 0. The van der Waals surface area contributed by atoms with E-state index >= 15 is 0 Å². The summed E-state index contributed by atoms with van der Waals surface area (Å²) < 4.78 is 13.3. The van der Waals surface area contributed by atoms with Gasteiger partial charge in [-0.3, -0.25) is 9.59 Å². The number of likely N-dealkylation sites (tertiary alicyclic amines) is 2. The van der Waals surface area contributed by atoms with E-state index in [9.17, 15) is 14.0 Å². The second kappa shape index (κ2) is 7.38. The van der Waals surface area contributed by atoms with Crippen LogP contribution in [0.2, 0.25) is 0 Å². The molecule has 0 aliphatic carbocycles. The van der Waals surface area contributed by atoms with Crippen LogP contribution in [-0.2, 0) is 16.0 Å². The van der Waals surface area contributed by atoms with Crippen LogP contribution < -0.4 is 0 Å². The number of carbonyl (C=O) groups excluding carboxylic acids is 2. The Labute approximate surface area is 148 Å². The fourth-order valence-corrected chi connectivity index (χ4v) is 4.15. The maximum atomic E-state index is 13.3. The predicted octanol–water partition coefficient (Wildman–Crippen LogP) is 2.93. The fraction of sp³-hybridized carbons (Fsp3) is 0.500. The number of halogens is 1.